The summed E-state index contributed by atoms with van der Waals surface area (Å²) in [5.74, 6) is 2.56. The third-order valence-electron chi connectivity index (χ3n) is 4.38. The Hall–Kier alpha value is -2.08. The van der Waals surface area contributed by atoms with Gasteiger partial charge in [0.15, 0.2) is 0 Å². The summed E-state index contributed by atoms with van der Waals surface area (Å²) >= 11 is 6.11. The highest BCUT2D eigenvalue weighted by Crippen LogP contribution is 2.25. The van der Waals surface area contributed by atoms with Crippen LogP contribution in [-0.2, 0) is 24.2 Å². The van der Waals surface area contributed by atoms with Crippen LogP contribution in [0.3, 0.4) is 0 Å². The van der Waals surface area contributed by atoms with Crippen LogP contribution in [0.1, 0.15) is 30.1 Å². The van der Waals surface area contributed by atoms with Crippen molar-refractivity contribution in [3.8, 4) is 5.75 Å². The standard InChI is InChI=1S/C17H21ClN4O2/c1-11-20-21-16-6-4-13(7-8-22(11)16)19-17(23)10-12-3-5-15(24-2)14(18)9-12/h3,5,9,13H,4,6-8,10H2,1-2H3,(H,19,23). The SMILES string of the molecule is COc1ccc(CC(=O)NC2CCc3nnc(C)n3CC2)cc1Cl. The van der Waals surface area contributed by atoms with Crippen LogP contribution in [0.25, 0.3) is 0 Å². The predicted molar refractivity (Wildman–Crippen MR) is 91.3 cm³/mol. The van der Waals surface area contributed by atoms with E-state index in [-0.39, 0.29) is 11.9 Å². The van der Waals surface area contributed by atoms with E-state index in [1.165, 1.54) is 0 Å². The molecule has 3 rings (SSSR count). The lowest BCUT2D eigenvalue weighted by Gasteiger charge is -2.16. The van der Waals surface area contributed by atoms with Crippen molar-refractivity contribution >= 4 is 17.5 Å². The summed E-state index contributed by atoms with van der Waals surface area (Å²) in [5, 5.41) is 11.9. The molecule has 1 unspecified atom stereocenters. The van der Waals surface area contributed by atoms with Crippen molar-refractivity contribution in [1.29, 1.82) is 0 Å². The molecular formula is C17H21ClN4O2. The topological polar surface area (TPSA) is 69.0 Å². The Morgan fingerprint density at radius 3 is 3.00 bits per heavy atom. The van der Waals surface area contributed by atoms with Gasteiger partial charge in [0.25, 0.3) is 0 Å². The maximum Gasteiger partial charge on any atom is 0.224 e. The fourth-order valence-electron chi connectivity index (χ4n) is 3.06. The van der Waals surface area contributed by atoms with Crippen LogP contribution in [0.2, 0.25) is 5.02 Å². The first-order valence-corrected chi connectivity index (χ1v) is 8.45. The zero-order chi connectivity index (χ0) is 17.1. The largest absolute Gasteiger partial charge is 0.495 e. The van der Waals surface area contributed by atoms with Crippen LogP contribution in [0.4, 0.5) is 0 Å². The minimum Gasteiger partial charge on any atom is -0.495 e. The Morgan fingerprint density at radius 2 is 2.25 bits per heavy atom. The summed E-state index contributed by atoms with van der Waals surface area (Å²) in [6.07, 6.45) is 2.92. The Balaban J connectivity index is 1.56. The number of ether oxygens (including phenoxy) is 1. The first-order valence-electron chi connectivity index (χ1n) is 8.07. The van der Waals surface area contributed by atoms with Gasteiger partial charge in [-0.15, -0.1) is 10.2 Å². The lowest BCUT2D eigenvalue weighted by molar-refractivity contribution is -0.121. The zero-order valence-electron chi connectivity index (χ0n) is 13.9. The summed E-state index contributed by atoms with van der Waals surface area (Å²) in [4.78, 5) is 12.3. The van der Waals surface area contributed by atoms with Crippen LogP contribution in [0.15, 0.2) is 18.2 Å². The molecule has 24 heavy (non-hydrogen) atoms. The quantitative estimate of drug-likeness (QED) is 0.920. The molecule has 7 heteroatoms. The van der Waals surface area contributed by atoms with Gasteiger partial charge < -0.3 is 14.6 Å². The minimum atomic E-state index is 0.00983. The molecule has 1 aromatic heterocycles. The van der Waals surface area contributed by atoms with Gasteiger partial charge in [0.05, 0.1) is 18.6 Å². The number of carbonyl (C=O) groups excluding carboxylic acids is 1. The molecule has 2 aromatic rings. The van der Waals surface area contributed by atoms with Gasteiger partial charge in [0.1, 0.15) is 17.4 Å². The zero-order valence-corrected chi connectivity index (χ0v) is 14.6. The van der Waals surface area contributed by atoms with Crippen molar-refractivity contribution in [1.82, 2.24) is 20.1 Å². The molecule has 0 fully saturated rings. The molecule has 2 heterocycles. The van der Waals surface area contributed by atoms with E-state index in [4.69, 9.17) is 16.3 Å². The Kier molecular flexibility index (Phi) is 5.04. The molecule has 1 amide bonds. The van der Waals surface area contributed by atoms with Crippen molar-refractivity contribution in [2.45, 2.75) is 45.2 Å². The molecule has 1 aliphatic rings. The van der Waals surface area contributed by atoms with Gasteiger partial charge >= 0.3 is 0 Å². The lowest BCUT2D eigenvalue weighted by Crippen LogP contribution is -2.36. The molecule has 0 saturated heterocycles. The molecule has 128 valence electrons. The Morgan fingerprint density at radius 1 is 1.42 bits per heavy atom. The average molecular weight is 349 g/mol. The number of aryl methyl sites for hydroxylation is 2. The number of methoxy groups -OCH3 is 1. The number of amides is 1. The van der Waals surface area contributed by atoms with Gasteiger partial charge in [-0.3, -0.25) is 4.79 Å². The van der Waals surface area contributed by atoms with Crippen LogP contribution < -0.4 is 10.1 Å². The third-order valence-corrected chi connectivity index (χ3v) is 4.67. The molecule has 0 saturated carbocycles. The number of hydrogen-bond acceptors (Lipinski definition) is 4. The highest BCUT2D eigenvalue weighted by molar-refractivity contribution is 6.32. The van der Waals surface area contributed by atoms with Gasteiger partial charge in [0.2, 0.25) is 5.91 Å². The molecule has 0 bridgehead atoms. The highest BCUT2D eigenvalue weighted by atomic mass is 35.5. The number of rotatable bonds is 4. The highest BCUT2D eigenvalue weighted by Gasteiger charge is 2.20. The predicted octanol–water partition coefficient (Wildman–Crippen LogP) is 2.31. The van der Waals surface area contributed by atoms with Gasteiger partial charge in [-0.05, 0) is 37.5 Å². The number of benzene rings is 1. The Labute approximate surface area is 146 Å². The van der Waals surface area contributed by atoms with Crippen molar-refractivity contribution in [3.05, 3.63) is 40.4 Å². The second kappa shape index (κ2) is 7.21. The molecule has 6 nitrogen and oxygen atoms in total. The summed E-state index contributed by atoms with van der Waals surface area (Å²) in [6.45, 7) is 2.80. The number of fused-ring (bicyclic) bond motifs is 1. The van der Waals surface area contributed by atoms with Gasteiger partial charge in [-0.25, -0.2) is 0 Å². The maximum absolute atomic E-state index is 12.3. The number of aromatic nitrogens is 3. The first-order chi connectivity index (χ1) is 11.6. The first kappa shape index (κ1) is 16.8. The normalized spacial score (nSPS) is 17.0. The van der Waals surface area contributed by atoms with Crippen LogP contribution >= 0.6 is 11.6 Å². The molecule has 1 aliphatic heterocycles. The molecule has 1 aromatic carbocycles. The third kappa shape index (κ3) is 3.70. The lowest BCUT2D eigenvalue weighted by atomic mass is 10.1. The van der Waals surface area contributed by atoms with Gasteiger partial charge in [-0.1, -0.05) is 17.7 Å². The Bertz CT molecular complexity index is 744. The van der Waals surface area contributed by atoms with Crippen LogP contribution in [0.5, 0.6) is 5.75 Å². The van der Waals surface area contributed by atoms with E-state index >= 15 is 0 Å². The summed E-state index contributed by atoms with van der Waals surface area (Å²) < 4.78 is 7.26. The van der Waals surface area contributed by atoms with Crippen molar-refractivity contribution in [2.24, 2.45) is 0 Å². The van der Waals surface area contributed by atoms with E-state index in [9.17, 15) is 4.79 Å². The monoisotopic (exact) mass is 348 g/mol. The number of nitrogens with zero attached hydrogens (tertiary/aromatic N) is 3. The van der Waals surface area contributed by atoms with Gasteiger partial charge in [-0.2, -0.15) is 0 Å². The molecule has 0 aliphatic carbocycles. The van der Waals surface area contributed by atoms with Crippen molar-refractivity contribution in [2.75, 3.05) is 7.11 Å². The minimum absolute atomic E-state index is 0.00983. The number of nitrogens with one attached hydrogen (secondary N) is 1. The van der Waals surface area contributed by atoms with Gasteiger partial charge in [0, 0.05) is 19.0 Å². The summed E-state index contributed by atoms with van der Waals surface area (Å²) in [7, 11) is 1.57. The number of carbonyl (C=O) groups is 1. The summed E-state index contributed by atoms with van der Waals surface area (Å²) in [5.41, 5.74) is 0.875. The average Bonchev–Trinajstić information content (AvgIpc) is 2.77. The van der Waals surface area contributed by atoms with E-state index in [0.717, 1.165) is 43.0 Å². The molecule has 1 atom stereocenters. The fraction of sp³-hybridized carbons (Fsp3) is 0.471. The van der Waals surface area contributed by atoms with E-state index in [1.54, 1.807) is 19.2 Å². The number of halogens is 1. The number of hydrogen-bond donors (Lipinski definition) is 1. The van der Waals surface area contributed by atoms with Crippen molar-refractivity contribution in [3.63, 3.8) is 0 Å². The second-order valence-electron chi connectivity index (χ2n) is 6.05. The maximum atomic E-state index is 12.3. The molecular weight excluding hydrogens is 328 g/mol. The van der Waals surface area contributed by atoms with E-state index in [1.807, 2.05) is 13.0 Å². The summed E-state index contributed by atoms with van der Waals surface area (Å²) in [6, 6.07) is 5.58. The van der Waals surface area contributed by atoms with E-state index in [2.05, 4.69) is 20.1 Å². The second-order valence-corrected chi connectivity index (χ2v) is 6.46. The van der Waals surface area contributed by atoms with Crippen LogP contribution in [-0.4, -0.2) is 33.8 Å². The molecule has 0 radical (unpaired) electrons. The fourth-order valence-corrected chi connectivity index (χ4v) is 3.34. The molecule has 0 spiro atoms. The van der Waals surface area contributed by atoms with E-state index < -0.39 is 0 Å². The molecule has 1 N–H and O–H groups in total. The van der Waals surface area contributed by atoms with E-state index in [0.29, 0.717) is 17.2 Å². The van der Waals surface area contributed by atoms with Crippen molar-refractivity contribution < 1.29 is 9.53 Å². The smallest absolute Gasteiger partial charge is 0.224 e. The van der Waals surface area contributed by atoms with Crippen LogP contribution in [0, 0.1) is 6.92 Å².